The van der Waals surface area contributed by atoms with Crippen molar-refractivity contribution in [1.29, 1.82) is 0 Å². The molecule has 2 rings (SSSR count). The number of aryl methyl sites for hydroxylation is 1. The van der Waals surface area contributed by atoms with Crippen LogP contribution in [0.3, 0.4) is 0 Å². The van der Waals surface area contributed by atoms with E-state index in [0.717, 1.165) is 30.3 Å². The molecule has 1 fully saturated rings. The standard InChI is InChI=1S/C10H14ClN3OS/c1-8-9(6-11)7-12-10(13-8)14-2-4-16(15)5-3-14/h7H,2-6H2,1H3. The van der Waals surface area contributed by atoms with Crippen LogP contribution < -0.4 is 4.90 Å². The van der Waals surface area contributed by atoms with Crippen LogP contribution in [-0.4, -0.2) is 38.8 Å². The lowest BCUT2D eigenvalue weighted by molar-refractivity contribution is 0.671. The van der Waals surface area contributed by atoms with E-state index in [9.17, 15) is 4.21 Å². The number of aromatic nitrogens is 2. The van der Waals surface area contributed by atoms with Gasteiger partial charge in [-0.3, -0.25) is 4.21 Å². The Kier molecular flexibility index (Phi) is 3.76. The Hall–Kier alpha value is -0.680. The third-order valence-corrected chi connectivity index (χ3v) is 4.24. The van der Waals surface area contributed by atoms with Gasteiger partial charge < -0.3 is 4.90 Å². The molecule has 0 saturated carbocycles. The number of halogens is 1. The molecule has 4 nitrogen and oxygen atoms in total. The lowest BCUT2D eigenvalue weighted by Gasteiger charge is -2.26. The van der Waals surface area contributed by atoms with Gasteiger partial charge in [-0.2, -0.15) is 0 Å². The van der Waals surface area contributed by atoms with Gasteiger partial charge in [0.25, 0.3) is 0 Å². The maximum atomic E-state index is 11.2. The van der Waals surface area contributed by atoms with E-state index in [4.69, 9.17) is 11.6 Å². The lowest BCUT2D eigenvalue weighted by atomic mass is 10.3. The van der Waals surface area contributed by atoms with Crippen molar-refractivity contribution in [1.82, 2.24) is 9.97 Å². The molecule has 0 unspecified atom stereocenters. The van der Waals surface area contributed by atoms with Crippen LogP contribution >= 0.6 is 11.6 Å². The van der Waals surface area contributed by atoms with Gasteiger partial charge in [-0.1, -0.05) is 0 Å². The minimum absolute atomic E-state index is 0.441. The summed E-state index contributed by atoms with van der Waals surface area (Å²) in [5.74, 6) is 2.58. The van der Waals surface area contributed by atoms with Crippen molar-refractivity contribution in [3.05, 3.63) is 17.5 Å². The van der Waals surface area contributed by atoms with Crippen LogP contribution in [-0.2, 0) is 16.7 Å². The van der Waals surface area contributed by atoms with Crippen molar-refractivity contribution in [2.24, 2.45) is 0 Å². The Labute approximate surface area is 102 Å². The fourth-order valence-corrected chi connectivity index (χ4v) is 2.92. The average molecular weight is 260 g/mol. The largest absolute Gasteiger partial charge is 0.339 e. The Morgan fingerprint density at radius 2 is 2.19 bits per heavy atom. The minimum Gasteiger partial charge on any atom is -0.339 e. The molecule has 0 bridgehead atoms. The molecule has 2 heterocycles. The highest BCUT2D eigenvalue weighted by atomic mass is 35.5. The second-order valence-electron chi connectivity index (χ2n) is 3.75. The number of hydrogen-bond acceptors (Lipinski definition) is 4. The molecule has 88 valence electrons. The quantitative estimate of drug-likeness (QED) is 0.746. The number of anilines is 1. The molecule has 1 aromatic heterocycles. The maximum absolute atomic E-state index is 11.2. The van der Waals surface area contributed by atoms with Crippen molar-refractivity contribution < 1.29 is 4.21 Å². The third kappa shape index (κ3) is 2.52. The van der Waals surface area contributed by atoms with Gasteiger partial charge in [-0.25, -0.2) is 9.97 Å². The predicted molar refractivity (Wildman–Crippen MR) is 66.4 cm³/mol. The summed E-state index contributed by atoms with van der Waals surface area (Å²) in [5.41, 5.74) is 1.89. The van der Waals surface area contributed by atoms with E-state index < -0.39 is 10.8 Å². The normalized spacial score (nSPS) is 17.8. The van der Waals surface area contributed by atoms with Crippen LogP contribution in [0.25, 0.3) is 0 Å². The molecule has 1 aliphatic heterocycles. The Balaban J connectivity index is 2.15. The molecular formula is C10H14ClN3OS. The highest BCUT2D eigenvalue weighted by Crippen LogP contribution is 2.14. The van der Waals surface area contributed by atoms with E-state index >= 15 is 0 Å². The molecule has 0 aliphatic carbocycles. The second-order valence-corrected chi connectivity index (χ2v) is 5.71. The zero-order chi connectivity index (χ0) is 11.5. The van der Waals surface area contributed by atoms with E-state index in [1.165, 1.54) is 0 Å². The molecule has 0 N–H and O–H groups in total. The van der Waals surface area contributed by atoms with Gasteiger partial charge in [-0.05, 0) is 6.92 Å². The SMILES string of the molecule is Cc1nc(N2CCS(=O)CC2)ncc1CCl. The molecule has 1 aromatic rings. The highest BCUT2D eigenvalue weighted by Gasteiger charge is 2.17. The van der Waals surface area contributed by atoms with Crippen molar-refractivity contribution >= 4 is 28.3 Å². The minimum atomic E-state index is -0.664. The summed E-state index contributed by atoms with van der Waals surface area (Å²) in [6.07, 6.45) is 1.77. The lowest BCUT2D eigenvalue weighted by Crippen LogP contribution is -2.38. The summed E-state index contributed by atoms with van der Waals surface area (Å²) in [4.78, 5) is 10.8. The smallest absolute Gasteiger partial charge is 0.225 e. The van der Waals surface area contributed by atoms with Crippen LogP contribution in [0.4, 0.5) is 5.95 Å². The van der Waals surface area contributed by atoms with Crippen LogP contribution in [0, 0.1) is 6.92 Å². The molecule has 16 heavy (non-hydrogen) atoms. The fourth-order valence-electron chi connectivity index (χ4n) is 1.60. The number of alkyl halides is 1. The second kappa shape index (κ2) is 5.10. The number of nitrogens with zero attached hydrogens (tertiary/aromatic N) is 3. The molecule has 1 saturated heterocycles. The van der Waals surface area contributed by atoms with Crippen molar-refractivity contribution in [2.45, 2.75) is 12.8 Å². The van der Waals surface area contributed by atoms with Crippen LogP contribution in [0.15, 0.2) is 6.20 Å². The molecule has 0 aromatic carbocycles. The topological polar surface area (TPSA) is 46.1 Å². The van der Waals surface area contributed by atoms with E-state index in [1.54, 1.807) is 6.20 Å². The van der Waals surface area contributed by atoms with E-state index in [1.807, 2.05) is 6.92 Å². The summed E-state index contributed by atoms with van der Waals surface area (Å²) in [6, 6.07) is 0. The number of rotatable bonds is 2. The van der Waals surface area contributed by atoms with Gasteiger partial charge >= 0.3 is 0 Å². The first-order valence-corrected chi connectivity index (χ1v) is 7.21. The zero-order valence-corrected chi connectivity index (χ0v) is 10.7. The van der Waals surface area contributed by atoms with Crippen LogP contribution in [0.2, 0.25) is 0 Å². The van der Waals surface area contributed by atoms with Crippen molar-refractivity contribution in [3.63, 3.8) is 0 Å². The molecule has 6 heteroatoms. The average Bonchev–Trinajstić information content (AvgIpc) is 2.30. The van der Waals surface area contributed by atoms with Gasteiger partial charge in [-0.15, -0.1) is 11.6 Å². The van der Waals surface area contributed by atoms with Crippen molar-refractivity contribution in [2.75, 3.05) is 29.5 Å². The summed E-state index contributed by atoms with van der Waals surface area (Å²) < 4.78 is 11.2. The summed E-state index contributed by atoms with van der Waals surface area (Å²) in [7, 11) is -0.664. The molecule has 0 radical (unpaired) electrons. The fraction of sp³-hybridized carbons (Fsp3) is 0.600. The van der Waals surface area contributed by atoms with E-state index in [0.29, 0.717) is 17.4 Å². The Morgan fingerprint density at radius 3 is 2.75 bits per heavy atom. The van der Waals surface area contributed by atoms with Crippen molar-refractivity contribution in [3.8, 4) is 0 Å². The van der Waals surface area contributed by atoms with Gasteiger partial charge in [0.2, 0.25) is 5.95 Å². The Morgan fingerprint density at radius 1 is 1.50 bits per heavy atom. The highest BCUT2D eigenvalue weighted by molar-refractivity contribution is 7.85. The maximum Gasteiger partial charge on any atom is 0.225 e. The molecule has 0 spiro atoms. The first kappa shape index (κ1) is 11.8. The summed E-state index contributed by atoms with van der Waals surface area (Å²) in [6.45, 7) is 3.48. The van der Waals surface area contributed by atoms with E-state index in [2.05, 4.69) is 14.9 Å². The molecule has 0 amide bonds. The van der Waals surface area contributed by atoms with Gasteiger partial charge in [0.15, 0.2) is 0 Å². The van der Waals surface area contributed by atoms with Gasteiger partial charge in [0.1, 0.15) is 0 Å². The van der Waals surface area contributed by atoms with E-state index in [-0.39, 0.29) is 0 Å². The first-order valence-electron chi connectivity index (χ1n) is 5.19. The number of hydrogen-bond donors (Lipinski definition) is 0. The first-order chi connectivity index (χ1) is 7.70. The van der Waals surface area contributed by atoms with Crippen LogP contribution in [0.5, 0.6) is 0 Å². The molecular weight excluding hydrogens is 246 g/mol. The predicted octanol–water partition coefficient (Wildman–Crippen LogP) is 1.09. The third-order valence-electron chi connectivity index (χ3n) is 2.67. The van der Waals surface area contributed by atoms with Gasteiger partial charge in [0.05, 0.1) is 5.88 Å². The van der Waals surface area contributed by atoms with Crippen LogP contribution in [0.1, 0.15) is 11.3 Å². The van der Waals surface area contributed by atoms with Gasteiger partial charge in [0, 0.05) is 52.8 Å². The zero-order valence-electron chi connectivity index (χ0n) is 9.15. The monoisotopic (exact) mass is 259 g/mol. The summed E-state index contributed by atoms with van der Waals surface area (Å²) >= 11 is 5.76. The molecule has 0 atom stereocenters. The molecule has 1 aliphatic rings. The Bertz CT molecular complexity index is 403. The summed E-state index contributed by atoms with van der Waals surface area (Å²) in [5, 5.41) is 0.